The van der Waals surface area contributed by atoms with Crippen LogP contribution in [0, 0.1) is 5.92 Å². The molecule has 0 aromatic carbocycles. The third kappa shape index (κ3) is 2.42. The van der Waals surface area contributed by atoms with Crippen LogP contribution in [0.25, 0.3) is 0 Å². The highest BCUT2D eigenvalue weighted by atomic mass is 19.1. The van der Waals surface area contributed by atoms with Crippen LogP contribution >= 0.6 is 0 Å². The number of halogens is 1. The average Bonchev–Trinajstić information content (AvgIpc) is 2.10. The van der Waals surface area contributed by atoms with Crippen LogP contribution in [0.2, 0.25) is 0 Å². The van der Waals surface area contributed by atoms with Gasteiger partial charge in [0.15, 0.2) is 0 Å². The molecule has 3 atom stereocenters. The third-order valence-corrected chi connectivity index (χ3v) is 2.41. The van der Waals surface area contributed by atoms with Crippen molar-refractivity contribution in [2.24, 2.45) is 11.7 Å². The highest BCUT2D eigenvalue weighted by Crippen LogP contribution is 2.29. The van der Waals surface area contributed by atoms with Gasteiger partial charge in [-0.3, -0.25) is 0 Å². The fraction of sp³-hybridized carbons (Fsp3) is 1.00. The first kappa shape index (κ1) is 9.93. The minimum atomic E-state index is -0.827. The van der Waals surface area contributed by atoms with Crippen molar-refractivity contribution in [3.63, 3.8) is 0 Å². The van der Waals surface area contributed by atoms with Gasteiger partial charge in [-0.05, 0) is 12.8 Å². The fourth-order valence-electron chi connectivity index (χ4n) is 1.40. The van der Waals surface area contributed by atoms with Gasteiger partial charge >= 0.3 is 0 Å². The molecule has 0 amide bonds. The molecule has 12 heavy (non-hydrogen) atoms. The molecule has 3 heteroatoms. The summed E-state index contributed by atoms with van der Waals surface area (Å²) in [6, 6.07) is -0.232. The fourth-order valence-corrected chi connectivity index (χ4v) is 1.40. The Kier molecular flexibility index (Phi) is 3.95. The van der Waals surface area contributed by atoms with Crippen molar-refractivity contribution < 1.29 is 9.13 Å². The van der Waals surface area contributed by atoms with E-state index in [1.807, 2.05) is 0 Å². The van der Waals surface area contributed by atoms with E-state index < -0.39 is 6.17 Å². The van der Waals surface area contributed by atoms with Gasteiger partial charge in [-0.1, -0.05) is 13.3 Å². The molecule has 0 spiro atoms. The van der Waals surface area contributed by atoms with Crippen LogP contribution in [0.4, 0.5) is 4.39 Å². The molecule has 1 unspecified atom stereocenters. The summed E-state index contributed by atoms with van der Waals surface area (Å²) in [4.78, 5) is 0. The predicted molar refractivity (Wildman–Crippen MR) is 46.7 cm³/mol. The molecule has 0 aromatic heterocycles. The smallest absolute Gasteiger partial charge is 0.120 e. The molecule has 1 rings (SSSR count). The molecule has 0 saturated heterocycles. The number of unbranched alkanes of at least 4 members (excludes halogenated alkanes) is 1. The van der Waals surface area contributed by atoms with E-state index in [0.717, 1.165) is 25.9 Å². The second-order valence-electron chi connectivity index (χ2n) is 3.53. The van der Waals surface area contributed by atoms with Crippen molar-refractivity contribution in [2.75, 3.05) is 13.2 Å². The van der Waals surface area contributed by atoms with Crippen molar-refractivity contribution in [1.29, 1.82) is 0 Å². The first-order chi connectivity index (χ1) is 5.75. The molecule has 2 nitrogen and oxygen atoms in total. The molecular formula is C9H18FNO. The Labute approximate surface area is 73.3 Å². The Bertz CT molecular complexity index is 132. The van der Waals surface area contributed by atoms with Crippen LogP contribution in [0.1, 0.15) is 26.2 Å². The van der Waals surface area contributed by atoms with E-state index in [9.17, 15) is 4.39 Å². The van der Waals surface area contributed by atoms with Gasteiger partial charge in [0.25, 0.3) is 0 Å². The number of nitrogens with two attached hydrogens (primary N) is 1. The van der Waals surface area contributed by atoms with E-state index in [0.29, 0.717) is 6.61 Å². The maximum Gasteiger partial charge on any atom is 0.120 e. The molecule has 2 N–H and O–H groups in total. The standard InChI is InChI=1S/C9H18FNO/c1-2-3-4-12-6-7-5-8(11)9(7)10/h7-9H,2-6,11H2,1H3/t7-,8+,9?/m1/s1. The summed E-state index contributed by atoms with van der Waals surface area (Å²) in [5.74, 6) is 0.0665. The topological polar surface area (TPSA) is 35.2 Å². The summed E-state index contributed by atoms with van der Waals surface area (Å²) in [7, 11) is 0. The van der Waals surface area contributed by atoms with E-state index in [-0.39, 0.29) is 12.0 Å². The van der Waals surface area contributed by atoms with E-state index in [2.05, 4.69) is 6.92 Å². The van der Waals surface area contributed by atoms with E-state index in [4.69, 9.17) is 10.5 Å². The lowest BCUT2D eigenvalue weighted by Crippen LogP contribution is -2.51. The summed E-state index contributed by atoms with van der Waals surface area (Å²) >= 11 is 0. The summed E-state index contributed by atoms with van der Waals surface area (Å²) in [6.07, 6.45) is 2.15. The third-order valence-electron chi connectivity index (χ3n) is 2.41. The van der Waals surface area contributed by atoms with Crippen LogP contribution in [-0.2, 0) is 4.74 Å². The summed E-state index contributed by atoms with van der Waals surface area (Å²) in [6.45, 7) is 3.42. The quantitative estimate of drug-likeness (QED) is 0.642. The van der Waals surface area contributed by atoms with Crippen LogP contribution in [-0.4, -0.2) is 25.4 Å². The molecule has 0 aliphatic heterocycles. The van der Waals surface area contributed by atoms with Crippen molar-refractivity contribution >= 4 is 0 Å². The number of alkyl halides is 1. The lowest BCUT2D eigenvalue weighted by atomic mass is 9.79. The van der Waals surface area contributed by atoms with Crippen molar-refractivity contribution in [1.82, 2.24) is 0 Å². The normalized spacial score (nSPS) is 34.8. The van der Waals surface area contributed by atoms with Crippen molar-refractivity contribution in [2.45, 2.75) is 38.4 Å². The van der Waals surface area contributed by atoms with Crippen molar-refractivity contribution in [3.05, 3.63) is 0 Å². The molecule has 72 valence electrons. The van der Waals surface area contributed by atoms with Gasteiger partial charge in [0.2, 0.25) is 0 Å². The van der Waals surface area contributed by atoms with Gasteiger partial charge in [-0.2, -0.15) is 0 Å². The highest BCUT2D eigenvalue weighted by Gasteiger charge is 2.38. The number of hydrogen-bond acceptors (Lipinski definition) is 2. The van der Waals surface area contributed by atoms with Crippen LogP contribution in [0.15, 0.2) is 0 Å². The SMILES string of the molecule is CCCCOC[C@H]1C[C@H](N)C1F. The number of ether oxygens (including phenoxy) is 1. The summed E-state index contributed by atoms with van der Waals surface area (Å²) in [5, 5.41) is 0. The zero-order chi connectivity index (χ0) is 8.97. The molecule has 0 aromatic rings. The van der Waals surface area contributed by atoms with Gasteiger partial charge in [-0.15, -0.1) is 0 Å². The largest absolute Gasteiger partial charge is 0.381 e. The second kappa shape index (κ2) is 4.77. The monoisotopic (exact) mass is 175 g/mol. The molecule has 1 saturated carbocycles. The Morgan fingerprint density at radius 2 is 2.33 bits per heavy atom. The molecule has 1 aliphatic carbocycles. The lowest BCUT2D eigenvalue weighted by Gasteiger charge is -2.36. The first-order valence-electron chi connectivity index (χ1n) is 4.73. The van der Waals surface area contributed by atoms with E-state index in [1.165, 1.54) is 0 Å². The molecule has 0 radical (unpaired) electrons. The van der Waals surface area contributed by atoms with E-state index >= 15 is 0 Å². The van der Waals surface area contributed by atoms with Gasteiger partial charge in [0, 0.05) is 18.6 Å². The van der Waals surface area contributed by atoms with Gasteiger partial charge in [0.05, 0.1) is 6.61 Å². The zero-order valence-corrected chi connectivity index (χ0v) is 7.63. The zero-order valence-electron chi connectivity index (χ0n) is 7.63. The van der Waals surface area contributed by atoms with E-state index in [1.54, 1.807) is 0 Å². The molecule has 0 heterocycles. The Morgan fingerprint density at radius 1 is 1.58 bits per heavy atom. The molecular weight excluding hydrogens is 157 g/mol. The first-order valence-corrected chi connectivity index (χ1v) is 4.73. The van der Waals surface area contributed by atoms with Crippen LogP contribution in [0.3, 0.4) is 0 Å². The average molecular weight is 175 g/mol. The van der Waals surface area contributed by atoms with Crippen LogP contribution in [0.5, 0.6) is 0 Å². The number of hydrogen-bond donors (Lipinski definition) is 1. The second-order valence-corrected chi connectivity index (χ2v) is 3.53. The van der Waals surface area contributed by atoms with Gasteiger partial charge in [0.1, 0.15) is 6.17 Å². The Balaban J connectivity index is 1.95. The lowest BCUT2D eigenvalue weighted by molar-refractivity contribution is -0.00142. The summed E-state index contributed by atoms with van der Waals surface area (Å²) in [5.41, 5.74) is 5.41. The minimum Gasteiger partial charge on any atom is -0.381 e. The maximum atomic E-state index is 12.9. The van der Waals surface area contributed by atoms with Crippen molar-refractivity contribution in [3.8, 4) is 0 Å². The predicted octanol–water partition coefficient (Wildman–Crippen LogP) is 1.49. The Morgan fingerprint density at radius 3 is 2.83 bits per heavy atom. The molecule has 1 fully saturated rings. The molecule has 1 aliphatic rings. The summed E-state index contributed by atoms with van der Waals surface area (Å²) < 4.78 is 18.2. The molecule has 0 bridgehead atoms. The van der Waals surface area contributed by atoms with Gasteiger partial charge < -0.3 is 10.5 Å². The minimum absolute atomic E-state index is 0.0665. The maximum absolute atomic E-state index is 12.9. The Hall–Kier alpha value is -0.150. The van der Waals surface area contributed by atoms with Gasteiger partial charge in [-0.25, -0.2) is 4.39 Å². The van der Waals surface area contributed by atoms with Crippen LogP contribution < -0.4 is 5.73 Å². The highest BCUT2D eigenvalue weighted by molar-refractivity contribution is 4.92. The number of rotatable bonds is 5.